The minimum Gasteiger partial charge on any atom is -0.475 e. The SMILES string of the molecule is CCCCCCOc1nsnc1C1=CCC[N+](C)(C(C)(C)OC(=O)OCCCC)C1. The number of hydrogen-bond donors (Lipinski definition) is 0. The highest BCUT2D eigenvalue weighted by Gasteiger charge is 2.46. The van der Waals surface area contributed by atoms with Crippen LogP contribution in [-0.4, -0.2) is 58.5 Å². The number of carbonyl (C=O) groups excluding carboxylic acids is 1. The Morgan fingerprint density at radius 1 is 1.13 bits per heavy atom. The number of rotatable bonds is 12. The molecule has 2 rings (SSSR count). The minimum absolute atomic E-state index is 0.393. The van der Waals surface area contributed by atoms with Gasteiger partial charge in [-0.05, 0) is 12.8 Å². The molecule has 0 amide bonds. The van der Waals surface area contributed by atoms with Crippen molar-refractivity contribution in [2.24, 2.45) is 0 Å². The molecule has 1 atom stereocenters. The van der Waals surface area contributed by atoms with Crippen molar-refractivity contribution in [3.8, 4) is 5.88 Å². The average Bonchev–Trinajstić information content (AvgIpc) is 3.16. The molecule has 1 aromatic rings. The predicted octanol–water partition coefficient (Wildman–Crippen LogP) is 5.42. The molecular formula is C22H38N3O4S+. The van der Waals surface area contributed by atoms with Crippen LogP contribution < -0.4 is 4.74 Å². The van der Waals surface area contributed by atoms with E-state index < -0.39 is 11.9 Å². The Hall–Kier alpha value is -1.67. The van der Waals surface area contributed by atoms with Gasteiger partial charge in [-0.3, -0.25) is 4.48 Å². The summed E-state index contributed by atoms with van der Waals surface area (Å²) in [6.45, 7) is 10.8. The van der Waals surface area contributed by atoms with Crippen molar-refractivity contribution in [3.05, 3.63) is 11.8 Å². The monoisotopic (exact) mass is 440 g/mol. The first-order chi connectivity index (χ1) is 14.3. The van der Waals surface area contributed by atoms with Gasteiger partial charge in [-0.15, -0.1) is 4.37 Å². The van der Waals surface area contributed by atoms with E-state index in [0.717, 1.165) is 43.5 Å². The highest BCUT2D eigenvalue weighted by molar-refractivity contribution is 6.99. The number of quaternary nitrogens is 1. The van der Waals surface area contributed by atoms with Crippen molar-refractivity contribution in [3.63, 3.8) is 0 Å². The van der Waals surface area contributed by atoms with E-state index in [9.17, 15) is 4.79 Å². The number of carbonyl (C=O) groups is 1. The van der Waals surface area contributed by atoms with Gasteiger partial charge in [0.1, 0.15) is 12.2 Å². The Morgan fingerprint density at radius 2 is 1.90 bits per heavy atom. The Kier molecular flexibility index (Phi) is 9.55. The third kappa shape index (κ3) is 6.67. The Labute approximate surface area is 185 Å². The van der Waals surface area contributed by atoms with Crippen LogP contribution in [0.2, 0.25) is 0 Å². The Balaban J connectivity index is 2.01. The highest BCUT2D eigenvalue weighted by Crippen LogP contribution is 2.35. The molecule has 8 heteroatoms. The van der Waals surface area contributed by atoms with E-state index in [4.69, 9.17) is 14.2 Å². The van der Waals surface area contributed by atoms with Gasteiger partial charge in [-0.1, -0.05) is 45.6 Å². The van der Waals surface area contributed by atoms with Gasteiger partial charge < -0.3 is 14.2 Å². The van der Waals surface area contributed by atoms with Gasteiger partial charge in [0.25, 0.3) is 5.88 Å². The molecule has 0 N–H and O–H groups in total. The molecule has 1 aliphatic rings. The topological polar surface area (TPSA) is 70.5 Å². The van der Waals surface area contributed by atoms with Crippen LogP contribution in [0.15, 0.2) is 6.08 Å². The zero-order valence-electron chi connectivity index (χ0n) is 19.2. The van der Waals surface area contributed by atoms with Crippen molar-refractivity contribution >= 4 is 23.5 Å². The van der Waals surface area contributed by atoms with Crippen LogP contribution in [0.5, 0.6) is 5.88 Å². The summed E-state index contributed by atoms with van der Waals surface area (Å²) in [5.74, 6) is 0.619. The van der Waals surface area contributed by atoms with Crippen LogP contribution >= 0.6 is 11.7 Å². The number of aromatic nitrogens is 2. The van der Waals surface area contributed by atoms with Crippen molar-refractivity contribution in [1.29, 1.82) is 0 Å². The van der Waals surface area contributed by atoms with E-state index >= 15 is 0 Å². The van der Waals surface area contributed by atoms with E-state index in [2.05, 4.69) is 35.7 Å². The Morgan fingerprint density at radius 3 is 2.63 bits per heavy atom. The van der Waals surface area contributed by atoms with Gasteiger partial charge in [0.2, 0.25) is 5.72 Å². The molecule has 0 bridgehead atoms. The van der Waals surface area contributed by atoms with E-state index in [1.54, 1.807) is 0 Å². The number of hydrogen-bond acceptors (Lipinski definition) is 7. The number of ether oxygens (including phenoxy) is 3. The number of unbranched alkanes of at least 4 members (excludes halogenated alkanes) is 4. The third-order valence-electron chi connectivity index (χ3n) is 5.88. The van der Waals surface area contributed by atoms with Crippen LogP contribution in [0.1, 0.15) is 78.3 Å². The summed E-state index contributed by atoms with van der Waals surface area (Å²) < 4.78 is 26.3. The fraction of sp³-hybridized carbons (Fsp3) is 0.773. The second kappa shape index (κ2) is 11.6. The lowest BCUT2D eigenvalue weighted by Crippen LogP contribution is -2.62. The van der Waals surface area contributed by atoms with Crippen LogP contribution in [0.3, 0.4) is 0 Å². The Bertz CT molecular complexity index is 704. The fourth-order valence-electron chi connectivity index (χ4n) is 3.49. The molecule has 0 saturated heterocycles. The van der Waals surface area contributed by atoms with Gasteiger partial charge in [-0.25, -0.2) is 4.79 Å². The molecule has 0 radical (unpaired) electrons. The summed E-state index contributed by atoms with van der Waals surface area (Å²) in [5.41, 5.74) is 1.19. The summed E-state index contributed by atoms with van der Waals surface area (Å²) in [6, 6.07) is 0. The standard InChI is InChI=1S/C22H38N3O4S/c1-6-8-10-11-16-27-20-19(23-30-24-20)18-13-12-14-25(5,17-18)22(3,4)29-21(26)28-15-9-7-2/h13H,6-12,14-17H2,1-5H3/q+1. The molecule has 30 heavy (non-hydrogen) atoms. The zero-order chi connectivity index (χ0) is 22.0. The van der Waals surface area contributed by atoms with Crippen LogP contribution in [0, 0.1) is 0 Å². The maximum absolute atomic E-state index is 12.2. The molecule has 0 aromatic carbocycles. The second-order valence-electron chi connectivity index (χ2n) is 8.62. The first-order valence-electron chi connectivity index (χ1n) is 11.2. The minimum atomic E-state index is -0.729. The first kappa shape index (κ1) is 24.6. The summed E-state index contributed by atoms with van der Waals surface area (Å²) in [5, 5.41) is 0. The lowest BCUT2D eigenvalue weighted by atomic mass is 10.0. The maximum atomic E-state index is 12.2. The van der Waals surface area contributed by atoms with Crippen molar-refractivity contribution in [2.45, 2.75) is 78.4 Å². The molecule has 0 saturated carbocycles. The number of likely N-dealkylation sites (N-methyl/N-ethyl adjacent to an activating group) is 1. The van der Waals surface area contributed by atoms with Crippen LogP contribution in [-0.2, 0) is 9.47 Å². The smallest absolute Gasteiger partial charge is 0.475 e. The van der Waals surface area contributed by atoms with Gasteiger partial charge in [-0.2, -0.15) is 4.37 Å². The summed E-state index contributed by atoms with van der Waals surface area (Å²) >= 11 is 1.18. The van der Waals surface area contributed by atoms with E-state index in [-0.39, 0.29) is 0 Å². The normalized spacial score (nSPS) is 19.3. The van der Waals surface area contributed by atoms with Crippen molar-refractivity contribution in [2.75, 3.05) is 33.4 Å². The van der Waals surface area contributed by atoms with Gasteiger partial charge in [0.05, 0.1) is 38.5 Å². The molecule has 1 aliphatic heterocycles. The van der Waals surface area contributed by atoms with Crippen molar-refractivity contribution < 1.29 is 23.5 Å². The lowest BCUT2D eigenvalue weighted by Gasteiger charge is -2.47. The summed E-state index contributed by atoms with van der Waals surface area (Å²) in [6.07, 6.45) is 8.91. The first-order valence-corrected chi connectivity index (χ1v) is 11.9. The van der Waals surface area contributed by atoms with Crippen molar-refractivity contribution in [1.82, 2.24) is 8.75 Å². The quantitative estimate of drug-likeness (QED) is 0.245. The lowest BCUT2D eigenvalue weighted by molar-refractivity contribution is -0.971. The molecular weight excluding hydrogens is 402 g/mol. The van der Waals surface area contributed by atoms with E-state index in [1.807, 2.05) is 13.8 Å². The average molecular weight is 441 g/mol. The van der Waals surface area contributed by atoms with Gasteiger partial charge in [0.15, 0.2) is 0 Å². The molecule has 0 fully saturated rings. The van der Waals surface area contributed by atoms with Crippen LogP contribution in [0.4, 0.5) is 4.79 Å². The third-order valence-corrected chi connectivity index (χ3v) is 6.39. The molecule has 1 aromatic heterocycles. The molecule has 1 unspecified atom stereocenters. The molecule has 0 spiro atoms. The highest BCUT2D eigenvalue weighted by atomic mass is 32.1. The van der Waals surface area contributed by atoms with Gasteiger partial charge >= 0.3 is 6.16 Å². The molecule has 170 valence electrons. The number of nitrogens with zero attached hydrogens (tertiary/aromatic N) is 3. The largest absolute Gasteiger partial charge is 0.512 e. The maximum Gasteiger partial charge on any atom is 0.512 e. The predicted molar refractivity (Wildman–Crippen MR) is 119 cm³/mol. The van der Waals surface area contributed by atoms with Gasteiger partial charge in [0, 0.05) is 25.8 Å². The van der Waals surface area contributed by atoms with E-state index in [1.165, 1.54) is 31.0 Å². The fourth-order valence-corrected chi connectivity index (χ4v) is 4.02. The summed E-state index contributed by atoms with van der Waals surface area (Å²) in [7, 11) is 2.11. The van der Waals surface area contributed by atoms with E-state index in [0.29, 0.717) is 30.1 Å². The zero-order valence-corrected chi connectivity index (χ0v) is 20.1. The molecule has 2 heterocycles. The summed E-state index contributed by atoms with van der Waals surface area (Å²) in [4.78, 5) is 12.2. The second-order valence-corrected chi connectivity index (χ2v) is 9.15. The molecule has 0 aliphatic carbocycles. The van der Waals surface area contributed by atoms with Crippen LogP contribution in [0.25, 0.3) is 5.57 Å². The molecule has 7 nitrogen and oxygen atoms in total.